The van der Waals surface area contributed by atoms with Gasteiger partial charge in [0.05, 0.1) is 20.8 Å². The van der Waals surface area contributed by atoms with E-state index in [0.29, 0.717) is 31.1 Å². The van der Waals surface area contributed by atoms with Crippen LogP contribution in [-0.2, 0) is 9.59 Å². The summed E-state index contributed by atoms with van der Waals surface area (Å²) in [5.41, 5.74) is 6.04. The van der Waals surface area contributed by atoms with Gasteiger partial charge in [-0.3, -0.25) is 14.5 Å². The Morgan fingerprint density at radius 1 is 1.16 bits per heavy atom. The fraction of sp³-hybridized carbons (Fsp3) is 0.444. The molecule has 0 unspecified atom stereocenters. The van der Waals surface area contributed by atoms with E-state index in [2.05, 4.69) is 0 Å². The number of methoxy groups -OCH3 is 2. The Kier molecular flexibility index (Phi) is 6.82. The molecule has 2 rings (SSSR count). The SMILES string of the molecule is COc1ccc(/C=C/C(=O)N2CCCN(CC(N)=O)CC2)c(OC)c1. The number of hydrogen-bond acceptors (Lipinski definition) is 5. The van der Waals surface area contributed by atoms with Crippen molar-refractivity contribution in [3.05, 3.63) is 29.8 Å². The van der Waals surface area contributed by atoms with E-state index in [1.807, 2.05) is 17.0 Å². The number of nitrogens with two attached hydrogens (primary N) is 1. The van der Waals surface area contributed by atoms with E-state index in [1.54, 1.807) is 37.3 Å². The molecule has 1 aliphatic rings. The summed E-state index contributed by atoms with van der Waals surface area (Å²) in [4.78, 5) is 27.2. The molecule has 1 aliphatic heterocycles. The van der Waals surface area contributed by atoms with Crippen LogP contribution in [0.3, 0.4) is 0 Å². The summed E-state index contributed by atoms with van der Waals surface area (Å²) < 4.78 is 10.5. The first kappa shape index (κ1) is 18.8. The van der Waals surface area contributed by atoms with Crippen molar-refractivity contribution in [1.29, 1.82) is 0 Å². The van der Waals surface area contributed by atoms with Gasteiger partial charge >= 0.3 is 0 Å². The lowest BCUT2D eigenvalue weighted by Gasteiger charge is -2.20. The van der Waals surface area contributed by atoms with E-state index < -0.39 is 0 Å². The first-order valence-corrected chi connectivity index (χ1v) is 8.23. The number of primary amides is 1. The number of hydrogen-bond donors (Lipinski definition) is 1. The van der Waals surface area contributed by atoms with Gasteiger partial charge in [0.15, 0.2) is 0 Å². The third kappa shape index (κ3) is 5.49. The lowest BCUT2D eigenvalue weighted by Crippen LogP contribution is -2.37. The van der Waals surface area contributed by atoms with Crippen molar-refractivity contribution >= 4 is 17.9 Å². The Balaban J connectivity index is 1.99. The molecular formula is C18H25N3O4. The minimum absolute atomic E-state index is 0.0567. The van der Waals surface area contributed by atoms with E-state index >= 15 is 0 Å². The lowest BCUT2D eigenvalue weighted by molar-refractivity contribution is -0.125. The number of ether oxygens (including phenoxy) is 2. The molecule has 2 N–H and O–H groups in total. The van der Waals surface area contributed by atoms with Gasteiger partial charge in [-0.15, -0.1) is 0 Å². The molecule has 0 aliphatic carbocycles. The summed E-state index contributed by atoms with van der Waals surface area (Å²) in [6.45, 7) is 2.90. The maximum absolute atomic E-state index is 12.4. The molecule has 0 atom stereocenters. The van der Waals surface area contributed by atoms with Crippen molar-refractivity contribution in [1.82, 2.24) is 9.80 Å². The zero-order valence-corrected chi connectivity index (χ0v) is 14.7. The molecule has 0 saturated carbocycles. The van der Waals surface area contributed by atoms with Gasteiger partial charge in [-0.25, -0.2) is 0 Å². The molecule has 1 saturated heterocycles. The average molecular weight is 347 g/mol. The van der Waals surface area contributed by atoms with Gasteiger partial charge in [0.25, 0.3) is 0 Å². The first-order chi connectivity index (χ1) is 12.0. The maximum atomic E-state index is 12.4. The number of benzene rings is 1. The molecule has 7 nitrogen and oxygen atoms in total. The number of carbonyl (C=O) groups is 2. The van der Waals surface area contributed by atoms with Crippen molar-refractivity contribution in [3.63, 3.8) is 0 Å². The smallest absolute Gasteiger partial charge is 0.246 e. The predicted molar refractivity (Wildman–Crippen MR) is 95.4 cm³/mol. The monoisotopic (exact) mass is 347 g/mol. The summed E-state index contributed by atoms with van der Waals surface area (Å²) in [7, 11) is 3.17. The predicted octanol–water partition coefficient (Wildman–Crippen LogP) is 0.737. The highest BCUT2D eigenvalue weighted by Crippen LogP contribution is 2.25. The van der Waals surface area contributed by atoms with Gasteiger partial charge in [0, 0.05) is 43.9 Å². The van der Waals surface area contributed by atoms with Crippen LogP contribution in [0.2, 0.25) is 0 Å². The van der Waals surface area contributed by atoms with Gasteiger partial charge in [0.2, 0.25) is 11.8 Å². The summed E-state index contributed by atoms with van der Waals surface area (Å²) in [5.74, 6) is 0.944. The van der Waals surface area contributed by atoms with Crippen molar-refractivity contribution in [3.8, 4) is 11.5 Å². The highest BCUT2D eigenvalue weighted by atomic mass is 16.5. The van der Waals surface area contributed by atoms with Crippen molar-refractivity contribution < 1.29 is 19.1 Å². The third-order valence-electron chi connectivity index (χ3n) is 4.13. The van der Waals surface area contributed by atoms with Crippen LogP contribution in [0.25, 0.3) is 6.08 Å². The van der Waals surface area contributed by atoms with E-state index in [9.17, 15) is 9.59 Å². The Bertz CT molecular complexity index is 645. The fourth-order valence-electron chi connectivity index (χ4n) is 2.79. The summed E-state index contributed by atoms with van der Waals surface area (Å²) in [5, 5.41) is 0. The molecular weight excluding hydrogens is 322 g/mol. The van der Waals surface area contributed by atoms with Gasteiger partial charge in [-0.05, 0) is 24.6 Å². The Morgan fingerprint density at radius 3 is 2.64 bits per heavy atom. The first-order valence-electron chi connectivity index (χ1n) is 8.23. The van der Waals surface area contributed by atoms with Crippen LogP contribution in [0.1, 0.15) is 12.0 Å². The van der Waals surface area contributed by atoms with Gasteiger partial charge < -0.3 is 20.1 Å². The standard InChI is InChI=1S/C18H25N3O4/c1-24-15-6-4-14(16(12-15)25-2)5-7-18(23)21-9-3-8-20(10-11-21)13-17(19)22/h4-7,12H,3,8-11,13H2,1-2H3,(H2,19,22)/b7-5+. The molecule has 1 fully saturated rings. The fourth-order valence-corrected chi connectivity index (χ4v) is 2.79. The molecule has 1 heterocycles. The Morgan fingerprint density at radius 2 is 1.96 bits per heavy atom. The second-order valence-electron chi connectivity index (χ2n) is 5.86. The Labute approximate surface area is 148 Å². The average Bonchev–Trinajstić information content (AvgIpc) is 2.84. The van der Waals surface area contributed by atoms with Crippen LogP contribution < -0.4 is 15.2 Å². The molecule has 7 heteroatoms. The minimum atomic E-state index is -0.341. The van der Waals surface area contributed by atoms with Crippen molar-refractivity contribution in [2.75, 3.05) is 46.9 Å². The lowest BCUT2D eigenvalue weighted by atomic mass is 10.1. The second-order valence-corrected chi connectivity index (χ2v) is 5.86. The highest BCUT2D eigenvalue weighted by Gasteiger charge is 2.18. The number of rotatable bonds is 6. The number of nitrogens with zero attached hydrogens (tertiary/aromatic N) is 2. The number of amides is 2. The summed E-state index contributed by atoms with van der Waals surface area (Å²) in [6.07, 6.45) is 4.11. The molecule has 1 aromatic carbocycles. The van der Waals surface area contributed by atoms with Crippen molar-refractivity contribution in [2.45, 2.75) is 6.42 Å². The second kappa shape index (κ2) is 9.08. The Hall–Kier alpha value is -2.54. The largest absolute Gasteiger partial charge is 0.497 e. The van der Waals surface area contributed by atoms with Gasteiger partial charge in [-0.2, -0.15) is 0 Å². The molecule has 0 bridgehead atoms. The van der Waals surface area contributed by atoms with E-state index in [4.69, 9.17) is 15.2 Å². The quantitative estimate of drug-likeness (QED) is 0.767. The molecule has 136 valence electrons. The maximum Gasteiger partial charge on any atom is 0.246 e. The van der Waals surface area contributed by atoms with Crippen LogP contribution >= 0.6 is 0 Å². The van der Waals surface area contributed by atoms with Gasteiger partial charge in [-0.1, -0.05) is 0 Å². The van der Waals surface area contributed by atoms with Gasteiger partial charge in [0.1, 0.15) is 11.5 Å². The van der Waals surface area contributed by atoms with Crippen LogP contribution in [-0.4, -0.2) is 68.6 Å². The van der Waals surface area contributed by atoms with E-state index in [0.717, 1.165) is 18.5 Å². The van der Waals surface area contributed by atoms with Crippen LogP contribution in [0.5, 0.6) is 11.5 Å². The molecule has 1 aromatic rings. The van der Waals surface area contributed by atoms with Crippen LogP contribution in [0.15, 0.2) is 24.3 Å². The minimum Gasteiger partial charge on any atom is -0.497 e. The molecule has 0 radical (unpaired) electrons. The normalized spacial score (nSPS) is 15.8. The van der Waals surface area contributed by atoms with Crippen LogP contribution in [0, 0.1) is 0 Å². The summed E-state index contributed by atoms with van der Waals surface area (Å²) in [6, 6.07) is 5.44. The molecule has 2 amide bonds. The third-order valence-corrected chi connectivity index (χ3v) is 4.13. The van der Waals surface area contributed by atoms with E-state index in [-0.39, 0.29) is 18.4 Å². The molecule has 25 heavy (non-hydrogen) atoms. The number of carbonyl (C=O) groups excluding carboxylic acids is 2. The van der Waals surface area contributed by atoms with Crippen molar-refractivity contribution in [2.24, 2.45) is 5.73 Å². The zero-order chi connectivity index (χ0) is 18.2. The topological polar surface area (TPSA) is 85.1 Å². The van der Waals surface area contributed by atoms with Crippen LogP contribution in [0.4, 0.5) is 0 Å². The van der Waals surface area contributed by atoms with E-state index in [1.165, 1.54) is 0 Å². The summed E-state index contributed by atoms with van der Waals surface area (Å²) >= 11 is 0. The molecule has 0 aromatic heterocycles. The molecule has 0 spiro atoms. The highest BCUT2D eigenvalue weighted by molar-refractivity contribution is 5.92. The zero-order valence-electron chi connectivity index (χ0n) is 14.7.